The number of esters is 8. The molecule has 13 atom stereocenters. The number of hydrogen-bond acceptors (Lipinski definition) is 24. The van der Waals surface area contributed by atoms with E-state index in [4.69, 9.17) is 56.8 Å². The molecule has 0 aromatic heterocycles. The Morgan fingerprint density at radius 1 is 0.641 bits per heavy atom. The molecular weight excluding hydrogens is 1040 g/mol. The lowest BCUT2D eigenvalue weighted by Gasteiger charge is -2.51. The van der Waals surface area contributed by atoms with E-state index in [-0.39, 0.29) is 13.2 Å². The fourth-order valence-corrected chi connectivity index (χ4v) is 8.62. The van der Waals surface area contributed by atoms with Gasteiger partial charge in [-0.2, -0.15) is 0 Å². The highest BCUT2D eigenvalue weighted by molar-refractivity contribution is 5.82. The normalized spacial score (nSPS) is 24.1. The zero-order chi connectivity index (χ0) is 57.9. The molecule has 0 saturated carbocycles. The van der Waals surface area contributed by atoms with Crippen molar-refractivity contribution in [2.75, 3.05) is 20.3 Å². The predicted octanol–water partition coefficient (Wildman–Crippen LogP) is 0.449. The third-order valence-corrected chi connectivity index (χ3v) is 11.6. The number of alkyl carbamates (subject to hydrolysis) is 1. The van der Waals surface area contributed by atoms with Crippen LogP contribution in [0.3, 0.4) is 0 Å². The van der Waals surface area contributed by atoms with E-state index in [0.29, 0.717) is 11.1 Å². The number of hydrogen-bond donors (Lipinski definition) is 4. The van der Waals surface area contributed by atoms with Crippen molar-refractivity contribution in [3.05, 3.63) is 71.8 Å². The molecule has 2 aliphatic rings. The van der Waals surface area contributed by atoms with Crippen molar-refractivity contribution in [3.8, 4) is 0 Å². The first-order chi connectivity index (χ1) is 36.8. The van der Waals surface area contributed by atoms with Crippen LogP contribution in [0, 0.1) is 0 Å². The van der Waals surface area contributed by atoms with Gasteiger partial charge in [0.05, 0.1) is 25.9 Å². The summed E-state index contributed by atoms with van der Waals surface area (Å²) in [6.45, 7) is 5.76. The first kappa shape index (κ1) is 62.8. The Kier molecular flexibility index (Phi) is 23.9. The number of benzene rings is 2. The molecule has 0 radical (unpaired) electrons. The van der Waals surface area contributed by atoms with Gasteiger partial charge >= 0.3 is 53.8 Å². The minimum atomic E-state index is -2.83. The maximum Gasteiger partial charge on any atom is 0.408 e. The van der Waals surface area contributed by atoms with Gasteiger partial charge in [-0.1, -0.05) is 60.7 Å². The molecule has 2 aromatic rings. The van der Waals surface area contributed by atoms with Crippen molar-refractivity contribution in [3.63, 3.8) is 0 Å². The molecule has 27 nitrogen and oxygen atoms in total. The second-order valence-corrected chi connectivity index (χ2v) is 17.9. The van der Waals surface area contributed by atoms with Crippen LogP contribution in [0.25, 0.3) is 0 Å². The average molecular weight is 1100 g/mol. The fourth-order valence-electron chi connectivity index (χ4n) is 8.62. The zero-order valence-electron chi connectivity index (χ0n) is 44.3. The van der Waals surface area contributed by atoms with Crippen LogP contribution in [0.4, 0.5) is 4.79 Å². The Morgan fingerprint density at radius 3 is 1.69 bits per heavy atom. The summed E-state index contributed by atoms with van der Waals surface area (Å²) in [4.78, 5) is 143. The molecule has 2 fully saturated rings. The van der Waals surface area contributed by atoms with Crippen LogP contribution < -0.4 is 16.0 Å². The van der Waals surface area contributed by atoms with Gasteiger partial charge in [0.2, 0.25) is 11.8 Å². The molecule has 2 aliphatic heterocycles. The number of amides is 3. The molecule has 3 amide bonds. The molecule has 1 unspecified atom stereocenters. The summed E-state index contributed by atoms with van der Waals surface area (Å²) in [5, 5.41) is 20.1. The van der Waals surface area contributed by atoms with Crippen LogP contribution in [-0.2, 0) is 118 Å². The third-order valence-electron chi connectivity index (χ3n) is 11.6. The maximum absolute atomic E-state index is 14.4. The van der Waals surface area contributed by atoms with Gasteiger partial charge in [-0.25, -0.2) is 14.4 Å². The zero-order valence-corrected chi connectivity index (χ0v) is 44.3. The van der Waals surface area contributed by atoms with E-state index in [2.05, 4.69) is 16.0 Å². The monoisotopic (exact) mass is 1100 g/mol. The van der Waals surface area contributed by atoms with Crippen LogP contribution in [-0.4, -0.2) is 170 Å². The summed E-state index contributed by atoms with van der Waals surface area (Å²) in [6, 6.07) is 12.0. The number of carbonyl (C=O) groups excluding carboxylic acids is 11. The SMILES string of the molecule is COC(=O)C1([C@@H](O)C[C@H]2O[C@H](OC[C@H](NC(=O)OCc3ccccc3)C(=O)OCc3ccccc3)[C@H](NC(C)=O)[C@@H](OC(C)=O)[C@H]2OC(C)=O)C[C@H](OC(C)=O)[C@@H](NC(C)=O)[C@H]([C@H](OC(C)=O)[C@@H](COC(C)=O)OC(C)=O)O1. The highest BCUT2D eigenvalue weighted by Gasteiger charge is 2.62. The lowest BCUT2D eigenvalue weighted by atomic mass is 9.78. The number of nitrogens with one attached hydrogen (secondary N) is 3. The fraction of sp³-hybridized carbons (Fsp3) is 0.549. The van der Waals surface area contributed by atoms with Gasteiger partial charge in [0.1, 0.15) is 44.2 Å². The Labute approximate surface area is 447 Å². The smallest absolute Gasteiger partial charge is 0.408 e. The summed E-state index contributed by atoms with van der Waals surface area (Å²) in [6.07, 6.45) is -20.1. The lowest BCUT2D eigenvalue weighted by molar-refractivity contribution is -0.288. The van der Waals surface area contributed by atoms with Gasteiger partial charge in [-0.05, 0) is 11.1 Å². The highest BCUT2D eigenvalue weighted by Crippen LogP contribution is 2.41. The van der Waals surface area contributed by atoms with Crippen molar-refractivity contribution in [1.29, 1.82) is 0 Å². The summed E-state index contributed by atoms with van der Waals surface area (Å²) in [5.41, 5.74) is -1.67. The predicted molar refractivity (Wildman–Crippen MR) is 259 cm³/mol. The molecule has 0 bridgehead atoms. The number of carbonyl (C=O) groups is 11. The van der Waals surface area contributed by atoms with Crippen molar-refractivity contribution in [2.45, 2.75) is 160 Å². The van der Waals surface area contributed by atoms with Gasteiger partial charge < -0.3 is 77.9 Å². The van der Waals surface area contributed by atoms with E-state index in [1.165, 1.54) is 0 Å². The molecule has 78 heavy (non-hydrogen) atoms. The second kappa shape index (κ2) is 29.7. The topological polar surface area (TPSA) is 355 Å². The van der Waals surface area contributed by atoms with E-state index in [0.717, 1.165) is 62.5 Å². The minimum Gasteiger partial charge on any atom is -0.467 e. The summed E-state index contributed by atoms with van der Waals surface area (Å²) in [7, 11) is 0.881. The molecule has 27 heteroatoms. The third kappa shape index (κ3) is 18.8. The van der Waals surface area contributed by atoms with E-state index in [9.17, 15) is 57.8 Å². The Hall–Kier alpha value is -7.75. The van der Waals surface area contributed by atoms with Gasteiger partial charge in [0, 0.05) is 68.2 Å². The van der Waals surface area contributed by atoms with Crippen LogP contribution in [0.2, 0.25) is 0 Å². The summed E-state index contributed by atoms with van der Waals surface area (Å²) >= 11 is 0. The lowest BCUT2D eigenvalue weighted by Crippen LogP contribution is -2.72. The molecule has 0 spiro atoms. The number of ether oxygens (including phenoxy) is 12. The summed E-state index contributed by atoms with van der Waals surface area (Å²) in [5.74, 6) is -10.1. The first-order valence-corrected chi connectivity index (χ1v) is 24.3. The van der Waals surface area contributed by atoms with Gasteiger partial charge in [-0.3, -0.25) is 38.4 Å². The highest BCUT2D eigenvalue weighted by atomic mass is 16.7. The van der Waals surface area contributed by atoms with E-state index < -0.39 is 171 Å². The quantitative estimate of drug-likeness (QED) is 0.0819. The minimum absolute atomic E-state index is 0.222. The molecule has 2 aromatic carbocycles. The molecule has 428 valence electrons. The van der Waals surface area contributed by atoms with Crippen LogP contribution in [0.15, 0.2) is 60.7 Å². The molecule has 0 aliphatic carbocycles. The van der Waals surface area contributed by atoms with E-state index >= 15 is 0 Å². The molecular formula is C51H65N3O24. The number of aliphatic hydroxyl groups is 1. The van der Waals surface area contributed by atoms with Crippen LogP contribution in [0.1, 0.15) is 79.4 Å². The second-order valence-electron chi connectivity index (χ2n) is 17.9. The van der Waals surface area contributed by atoms with Crippen molar-refractivity contribution < 1.29 is 115 Å². The standard InChI is InChI=1S/C51H65N3O24/c1-26(55)52-41-38(72-29(4)58)21-51(49(65)67-9,78-46(41)44(75-32(7)61)39(73-30(5)59)25-68-28(3)57)40(63)20-37-43(74-31(6)60)45(76-33(8)62)42(53-27(2)56)48(77-37)70-24-36(47(64)69-22-34-16-12-10-13-17-34)54-50(66)71-23-35-18-14-11-15-19-35/h10-19,36-46,48,63H,20-25H2,1-9H3,(H,52,55)(H,53,56)(H,54,66)/t36-,37+,38-,39+,40-,41+,42+,43-,44+,45+,46+,48-,51?/m0/s1. The summed E-state index contributed by atoms with van der Waals surface area (Å²) < 4.78 is 68.1. The molecule has 2 saturated heterocycles. The number of methoxy groups -OCH3 is 1. The van der Waals surface area contributed by atoms with Crippen LogP contribution in [0.5, 0.6) is 0 Å². The van der Waals surface area contributed by atoms with Crippen molar-refractivity contribution >= 4 is 65.7 Å². The van der Waals surface area contributed by atoms with E-state index in [1.54, 1.807) is 60.7 Å². The first-order valence-electron chi connectivity index (χ1n) is 24.3. The van der Waals surface area contributed by atoms with E-state index in [1.807, 2.05) is 0 Å². The van der Waals surface area contributed by atoms with Gasteiger partial charge in [0.25, 0.3) is 0 Å². The Balaban J connectivity index is 1.87. The Bertz CT molecular complexity index is 2440. The Morgan fingerprint density at radius 2 is 1.18 bits per heavy atom. The molecule has 2 heterocycles. The van der Waals surface area contributed by atoms with Crippen LogP contribution >= 0.6 is 0 Å². The molecule has 4 N–H and O–H groups in total. The maximum atomic E-state index is 14.4. The van der Waals surface area contributed by atoms with Gasteiger partial charge in [-0.15, -0.1) is 0 Å². The largest absolute Gasteiger partial charge is 0.467 e. The van der Waals surface area contributed by atoms with Crippen molar-refractivity contribution in [2.24, 2.45) is 0 Å². The number of aliphatic hydroxyl groups excluding tert-OH is 1. The van der Waals surface area contributed by atoms with Gasteiger partial charge in [0.15, 0.2) is 42.3 Å². The average Bonchev–Trinajstić information content (AvgIpc) is 3.39. The molecule has 4 rings (SSSR count). The van der Waals surface area contributed by atoms with Crippen molar-refractivity contribution in [1.82, 2.24) is 16.0 Å². The number of rotatable bonds is 24.